The van der Waals surface area contributed by atoms with Gasteiger partial charge in [-0.25, -0.2) is 9.97 Å². The summed E-state index contributed by atoms with van der Waals surface area (Å²) in [5.74, 6) is 0.418. The van der Waals surface area contributed by atoms with Crippen molar-refractivity contribution in [2.24, 2.45) is 0 Å². The average molecular weight is 194 g/mol. The molecule has 0 amide bonds. The van der Waals surface area contributed by atoms with Crippen LogP contribution in [-0.2, 0) is 0 Å². The molecule has 0 aromatic carbocycles. The van der Waals surface area contributed by atoms with Crippen LogP contribution in [0, 0.1) is 0 Å². The fraction of sp³-hybridized carbons (Fsp3) is 0.400. The van der Waals surface area contributed by atoms with Gasteiger partial charge in [0.2, 0.25) is 0 Å². The van der Waals surface area contributed by atoms with Crippen LogP contribution >= 0.6 is 11.8 Å². The lowest BCUT2D eigenvalue weighted by atomic mass is 10.1. The van der Waals surface area contributed by atoms with E-state index in [-0.39, 0.29) is 0 Å². The Labute approximate surface area is 83.5 Å². The maximum Gasteiger partial charge on any atom is 0.117 e. The molecular weight excluding hydrogens is 180 g/mol. The molecule has 0 atom stereocenters. The fourth-order valence-electron chi connectivity index (χ4n) is 1.21. The fourth-order valence-corrected chi connectivity index (χ4v) is 1.77. The van der Waals surface area contributed by atoms with E-state index < -0.39 is 0 Å². The van der Waals surface area contributed by atoms with Gasteiger partial charge in [0.1, 0.15) is 11.4 Å². The minimum absolute atomic E-state index is 0.418. The lowest BCUT2D eigenvalue weighted by molar-refractivity contribution is 0.795. The number of hydrogen-bond acceptors (Lipinski definition) is 3. The lowest BCUT2D eigenvalue weighted by Gasteiger charge is -2.10. The summed E-state index contributed by atoms with van der Waals surface area (Å²) in [4.78, 5) is 8.45. The molecule has 1 heterocycles. The van der Waals surface area contributed by atoms with E-state index in [2.05, 4.69) is 30.4 Å². The summed E-state index contributed by atoms with van der Waals surface area (Å²) < 4.78 is 0. The molecule has 0 bridgehead atoms. The van der Waals surface area contributed by atoms with E-state index in [1.165, 1.54) is 0 Å². The van der Waals surface area contributed by atoms with Crippen molar-refractivity contribution in [1.82, 2.24) is 9.97 Å². The van der Waals surface area contributed by atoms with Crippen molar-refractivity contribution in [3.05, 3.63) is 24.2 Å². The molecule has 1 rings (SSSR count). The average Bonchev–Trinajstić information content (AvgIpc) is 2.16. The van der Waals surface area contributed by atoms with E-state index in [1.54, 1.807) is 18.1 Å². The Balaban J connectivity index is 3.27. The number of rotatable bonds is 3. The van der Waals surface area contributed by atoms with Crippen molar-refractivity contribution >= 4 is 17.8 Å². The molecule has 0 unspecified atom stereocenters. The van der Waals surface area contributed by atoms with Crippen molar-refractivity contribution in [3.8, 4) is 0 Å². The monoisotopic (exact) mass is 194 g/mol. The predicted molar refractivity (Wildman–Crippen MR) is 58.0 cm³/mol. The Morgan fingerprint density at radius 3 is 2.62 bits per heavy atom. The first kappa shape index (κ1) is 10.3. The lowest BCUT2D eigenvalue weighted by Crippen LogP contribution is -1.99. The quantitative estimate of drug-likeness (QED) is 0.546. The molecule has 0 N–H and O–H groups in total. The summed E-state index contributed by atoms with van der Waals surface area (Å²) in [7, 11) is 0. The van der Waals surface area contributed by atoms with Crippen molar-refractivity contribution in [2.75, 3.05) is 6.26 Å². The van der Waals surface area contributed by atoms with Gasteiger partial charge in [0.25, 0.3) is 0 Å². The number of nitrogens with zero attached hydrogens (tertiary/aromatic N) is 2. The van der Waals surface area contributed by atoms with Crippen LogP contribution in [-0.4, -0.2) is 16.2 Å². The zero-order valence-corrected chi connectivity index (χ0v) is 9.06. The summed E-state index contributed by atoms with van der Waals surface area (Å²) in [6, 6.07) is 0. The second-order valence-corrected chi connectivity index (χ2v) is 3.84. The van der Waals surface area contributed by atoms with Crippen LogP contribution in [0.2, 0.25) is 0 Å². The zero-order chi connectivity index (χ0) is 9.84. The topological polar surface area (TPSA) is 25.8 Å². The molecule has 13 heavy (non-hydrogen) atoms. The van der Waals surface area contributed by atoms with Gasteiger partial charge in [-0.05, 0) is 12.2 Å². The van der Waals surface area contributed by atoms with Crippen LogP contribution in [0.3, 0.4) is 0 Å². The molecule has 2 nitrogen and oxygen atoms in total. The molecule has 0 saturated carbocycles. The highest BCUT2D eigenvalue weighted by atomic mass is 32.2. The van der Waals surface area contributed by atoms with Crippen LogP contribution in [0.15, 0.2) is 17.9 Å². The van der Waals surface area contributed by atoms with E-state index >= 15 is 0 Å². The molecule has 1 aromatic rings. The SMILES string of the molecule is C=Cc1c(SC)ncnc1C(C)C. The highest BCUT2D eigenvalue weighted by Gasteiger charge is 2.09. The highest BCUT2D eigenvalue weighted by molar-refractivity contribution is 7.98. The molecule has 0 fully saturated rings. The Kier molecular flexibility index (Phi) is 3.48. The summed E-state index contributed by atoms with van der Waals surface area (Å²) >= 11 is 1.63. The second kappa shape index (κ2) is 4.42. The Hall–Kier alpha value is -0.830. The van der Waals surface area contributed by atoms with Gasteiger partial charge in [0.15, 0.2) is 0 Å². The van der Waals surface area contributed by atoms with Gasteiger partial charge in [0.05, 0.1) is 5.69 Å². The third-order valence-electron chi connectivity index (χ3n) is 1.82. The van der Waals surface area contributed by atoms with Gasteiger partial charge < -0.3 is 0 Å². The number of thioether (sulfide) groups is 1. The van der Waals surface area contributed by atoms with E-state index in [0.29, 0.717) is 5.92 Å². The maximum atomic E-state index is 4.26. The Morgan fingerprint density at radius 1 is 1.46 bits per heavy atom. The normalized spacial score (nSPS) is 10.5. The molecule has 0 aliphatic carbocycles. The van der Waals surface area contributed by atoms with Crippen LogP contribution in [0.1, 0.15) is 31.0 Å². The summed E-state index contributed by atoms with van der Waals surface area (Å²) in [6.07, 6.45) is 5.47. The van der Waals surface area contributed by atoms with Gasteiger partial charge in [-0.2, -0.15) is 0 Å². The minimum atomic E-state index is 0.418. The Morgan fingerprint density at radius 2 is 2.15 bits per heavy atom. The van der Waals surface area contributed by atoms with Gasteiger partial charge in [-0.1, -0.05) is 26.5 Å². The summed E-state index contributed by atoms with van der Waals surface area (Å²) in [6.45, 7) is 8.04. The molecule has 70 valence electrons. The standard InChI is InChI=1S/C10H14N2S/c1-5-8-9(7(2)3)11-6-12-10(8)13-4/h5-7H,1H2,2-4H3. The van der Waals surface area contributed by atoms with Crippen molar-refractivity contribution in [2.45, 2.75) is 24.8 Å². The molecule has 3 heteroatoms. The first-order valence-corrected chi connectivity index (χ1v) is 5.44. The molecule has 0 aliphatic rings. The molecule has 0 radical (unpaired) electrons. The third kappa shape index (κ3) is 2.10. The smallest absolute Gasteiger partial charge is 0.117 e. The van der Waals surface area contributed by atoms with E-state index in [4.69, 9.17) is 0 Å². The van der Waals surface area contributed by atoms with Crippen LogP contribution in [0.25, 0.3) is 6.08 Å². The maximum absolute atomic E-state index is 4.26. The predicted octanol–water partition coefficient (Wildman–Crippen LogP) is 2.96. The van der Waals surface area contributed by atoms with Crippen molar-refractivity contribution in [1.29, 1.82) is 0 Å². The van der Waals surface area contributed by atoms with Crippen molar-refractivity contribution < 1.29 is 0 Å². The molecular formula is C10H14N2S. The van der Waals surface area contributed by atoms with Gasteiger partial charge >= 0.3 is 0 Å². The van der Waals surface area contributed by atoms with Crippen LogP contribution in [0.4, 0.5) is 0 Å². The number of aromatic nitrogens is 2. The van der Waals surface area contributed by atoms with Crippen LogP contribution in [0.5, 0.6) is 0 Å². The van der Waals surface area contributed by atoms with Gasteiger partial charge in [0, 0.05) is 5.56 Å². The van der Waals surface area contributed by atoms with E-state index in [0.717, 1.165) is 16.3 Å². The minimum Gasteiger partial charge on any atom is -0.240 e. The largest absolute Gasteiger partial charge is 0.240 e. The highest BCUT2D eigenvalue weighted by Crippen LogP contribution is 2.25. The van der Waals surface area contributed by atoms with E-state index in [9.17, 15) is 0 Å². The molecule has 0 aliphatic heterocycles. The summed E-state index contributed by atoms with van der Waals surface area (Å²) in [5, 5.41) is 1.01. The summed E-state index contributed by atoms with van der Waals surface area (Å²) in [5.41, 5.74) is 2.15. The van der Waals surface area contributed by atoms with Crippen molar-refractivity contribution in [3.63, 3.8) is 0 Å². The van der Waals surface area contributed by atoms with E-state index in [1.807, 2.05) is 12.3 Å². The van der Waals surface area contributed by atoms with Gasteiger partial charge in [-0.15, -0.1) is 11.8 Å². The van der Waals surface area contributed by atoms with Crippen LogP contribution < -0.4 is 0 Å². The molecule has 1 aromatic heterocycles. The second-order valence-electron chi connectivity index (χ2n) is 3.04. The first-order valence-electron chi connectivity index (χ1n) is 4.22. The number of hydrogen-bond donors (Lipinski definition) is 0. The molecule has 0 spiro atoms. The molecule has 0 saturated heterocycles. The Bertz CT molecular complexity index is 308. The first-order chi connectivity index (χ1) is 6.20. The zero-order valence-electron chi connectivity index (χ0n) is 8.24. The third-order valence-corrected chi connectivity index (χ3v) is 2.53. The van der Waals surface area contributed by atoms with Gasteiger partial charge in [-0.3, -0.25) is 0 Å².